The van der Waals surface area contributed by atoms with Crippen molar-refractivity contribution in [1.82, 2.24) is 4.98 Å². The maximum absolute atomic E-state index is 13.1. The molecule has 4 nitrogen and oxygen atoms in total. The van der Waals surface area contributed by atoms with E-state index in [9.17, 15) is 10.1 Å². The van der Waals surface area contributed by atoms with E-state index in [0.29, 0.717) is 16.1 Å². The van der Waals surface area contributed by atoms with E-state index in [-0.39, 0.29) is 5.91 Å². The van der Waals surface area contributed by atoms with Crippen molar-refractivity contribution in [2.45, 2.75) is 6.92 Å². The Morgan fingerprint density at radius 3 is 2.68 bits per heavy atom. The molecular weight excluding hydrogens is 434 g/mol. The van der Waals surface area contributed by atoms with Gasteiger partial charge in [-0.2, -0.15) is 5.26 Å². The summed E-state index contributed by atoms with van der Waals surface area (Å²) in [5, 5.41) is 15.2. The lowest BCUT2D eigenvalue weighted by molar-refractivity contribution is 0.102. The van der Waals surface area contributed by atoms with Crippen molar-refractivity contribution < 1.29 is 4.79 Å². The van der Waals surface area contributed by atoms with E-state index < -0.39 is 0 Å². The van der Waals surface area contributed by atoms with Crippen LogP contribution < -0.4 is 5.32 Å². The molecule has 0 saturated carbocycles. The molecule has 0 atom stereocenters. The molecule has 2 aromatic heterocycles. The van der Waals surface area contributed by atoms with Gasteiger partial charge in [0, 0.05) is 15.4 Å². The zero-order chi connectivity index (χ0) is 19.7. The number of amides is 1. The number of nitrogens with zero attached hydrogens (tertiary/aromatic N) is 2. The van der Waals surface area contributed by atoms with Gasteiger partial charge in [-0.1, -0.05) is 45.8 Å². The number of nitriles is 1. The van der Waals surface area contributed by atoms with Gasteiger partial charge in [-0.05, 0) is 42.6 Å². The summed E-state index contributed by atoms with van der Waals surface area (Å²) in [6.07, 6.45) is 0. The normalized spacial score (nSPS) is 10.6. The second-order valence-corrected chi connectivity index (χ2v) is 8.14. The van der Waals surface area contributed by atoms with E-state index >= 15 is 0 Å². The standard InChI is InChI=1S/C22H14BrN3OS/c1-13-2-4-14(5-3-13)20-11-18(17-10-16(23)6-7-19(17)25-20)21(27)26-22-15(12-24)8-9-28-22/h2-11H,1H3,(H,26,27). The fourth-order valence-electron chi connectivity index (χ4n) is 2.92. The molecule has 0 unspecified atom stereocenters. The van der Waals surface area contributed by atoms with Gasteiger partial charge in [0.15, 0.2) is 0 Å². The number of anilines is 1. The molecule has 1 amide bonds. The van der Waals surface area contributed by atoms with Crippen LogP contribution in [-0.2, 0) is 0 Å². The number of thiophene rings is 1. The van der Waals surface area contributed by atoms with Crippen LogP contribution in [0.3, 0.4) is 0 Å². The Morgan fingerprint density at radius 1 is 1.14 bits per heavy atom. The summed E-state index contributed by atoms with van der Waals surface area (Å²) in [5.74, 6) is -0.266. The maximum Gasteiger partial charge on any atom is 0.257 e. The van der Waals surface area contributed by atoms with Crippen LogP contribution in [0, 0.1) is 18.3 Å². The lowest BCUT2D eigenvalue weighted by atomic mass is 10.0. The zero-order valence-electron chi connectivity index (χ0n) is 14.9. The smallest absolute Gasteiger partial charge is 0.257 e. The first-order valence-electron chi connectivity index (χ1n) is 8.51. The summed E-state index contributed by atoms with van der Waals surface area (Å²) in [7, 11) is 0. The van der Waals surface area contributed by atoms with E-state index in [0.717, 1.165) is 32.2 Å². The summed E-state index contributed by atoms with van der Waals surface area (Å²) in [4.78, 5) is 17.8. The minimum Gasteiger partial charge on any atom is -0.312 e. The molecule has 0 aliphatic carbocycles. The van der Waals surface area contributed by atoms with Crippen LogP contribution >= 0.6 is 27.3 Å². The highest BCUT2D eigenvalue weighted by Gasteiger charge is 2.16. The number of halogens is 1. The molecule has 0 radical (unpaired) electrons. The lowest BCUT2D eigenvalue weighted by Gasteiger charge is -2.11. The summed E-state index contributed by atoms with van der Waals surface area (Å²) >= 11 is 4.80. The minimum absolute atomic E-state index is 0.266. The van der Waals surface area contributed by atoms with Crippen LogP contribution in [0.15, 0.2) is 64.5 Å². The largest absolute Gasteiger partial charge is 0.312 e. The molecule has 0 bridgehead atoms. The van der Waals surface area contributed by atoms with Crippen molar-refractivity contribution in [2.24, 2.45) is 0 Å². The van der Waals surface area contributed by atoms with Gasteiger partial charge in [-0.15, -0.1) is 11.3 Å². The SMILES string of the molecule is Cc1ccc(-c2cc(C(=O)Nc3sccc3C#N)c3cc(Br)ccc3n2)cc1. The van der Waals surface area contributed by atoms with Gasteiger partial charge in [-0.3, -0.25) is 4.79 Å². The fourth-order valence-corrected chi connectivity index (χ4v) is 4.02. The highest BCUT2D eigenvalue weighted by Crippen LogP contribution is 2.29. The molecule has 136 valence electrons. The number of fused-ring (bicyclic) bond motifs is 1. The lowest BCUT2D eigenvalue weighted by Crippen LogP contribution is -2.13. The van der Waals surface area contributed by atoms with Gasteiger partial charge in [0.05, 0.1) is 22.3 Å². The average molecular weight is 448 g/mol. The number of carbonyl (C=O) groups excluding carboxylic acids is 1. The van der Waals surface area contributed by atoms with Gasteiger partial charge in [0.25, 0.3) is 5.91 Å². The van der Waals surface area contributed by atoms with Gasteiger partial charge in [-0.25, -0.2) is 4.98 Å². The van der Waals surface area contributed by atoms with Crippen molar-refractivity contribution in [3.05, 3.63) is 81.1 Å². The molecule has 0 saturated heterocycles. The number of pyridine rings is 1. The highest BCUT2D eigenvalue weighted by atomic mass is 79.9. The van der Waals surface area contributed by atoms with Crippen LogP contribution in [0.2, 0.25) is 0 Å². The number of hydrogen-bond acceptors (Lipinski definition) is 4. The molecular formula is C22H14BrN3OS. The molecule has 0 aliphatic heterocycles. The predicted molar refractivity (Wildman–Crippen MR) is 117 cm³/mol. The third kappa shape index (κ3) is 3.55. The first-order valence-corrected chi connectivity index (χ1v) is 10.2. The van der Waals surface area contributed by atoms with E-state index in [1.54, 1.807) is 17.5 Å². The van der Waals surface area contributed by atoms with Crippen LogP contribution in [0.5, 0.6) is 0 Å². The quantitative estimate of drug-likeness (QED) is 0.408. The van der Waals surface area contributed by atoms with Gasteiger partial charge in [0.1, 0.15) is 11.1 Å². The van der Waals surface area contributed by atoms with Crippen molar-refractivity contribution in [3.63, 3.8) is 0 Å². The molecule has 4 aromatic rings. The number of nitrogens with one attached hydrogen (secondary N) is 1. The molecule has 2 aromatic carbocycles. The summed E-state index contributed by atoms with van der Waals surface area (Å²) < 4.78 is 0.868. The van der Waals surface area contributed by atoms with Crippen molar-refractivity contribution in [3.8, 4) is 17.3 Å². The van der Waals surface area contributed by atoms with Crippen LogP contribution in [0.1, 0.15) is 21.5 Å². The second kappa shape index (κ2) is 7.55. The third-order valence-corrected chi connectivity index (χ3v) is 5.70. The predicted octanol–water partition coefficient (Wildman–Crippen LogP) is 6.16. The molecule has 0 spiro atoms. The minimum atomic E-state index is -0.266. The Hall–Kier alpha value is -3.01. The number of rotatable bonds is 3. The summed E-state index contributed by atoms with van der Waals surface area (Å²) in [5.41, 5.74) is 4.53. The Morgan fingerprint density at radius 2 is 1.93 bits per heavy atom. The number of hydrogen-bond donors (Lipinski definition) is 1. The Balaban J connectivity index is 1.85. The first kappa shape index (κ1) is 18.4. The molecule has 4 rings (SSSR count). The monoisotopic (exact) mass is 447 g/mol. The highest BCUT2D eigenvalue weighted by molar-refractivity contribution is 9.10. The topological polar surface area (TPSA) is 65.8 Å². The fraction of sp³-hybridized carbons (Fsp3) is 0.0455. The van der Waals surface area contributed by atoms with Crippen LogP contribution in [-0.4, -0.2) is 10.9 Å². The molecule has 28 heavy (non-hydrogen) atoms. The van der Waals surface area contributed by atoms with Crippen molar-refractivity contribution in [1.29, 1.82) is 5.26 Å². The maximum atomic E-state index is 13.1. The Kier molecular flexibility index (Phi) is 4.95. The van der Waals surface area contributed by atoms with Crippen LogP contribution in [0.25, 0.3) is 22.2 Å². The Labute approximate surface area is 174 Å². The number of benzene rings is 2. The number of aryl methyl sites for hydroxylation is 1. The van der Waals surface area contributed by atoms with E-state index in [4.69, 9.17) is 4.98 Å². The van der Waals surface area contributed by atoms with Gasteiger partial charge >= 0.3 is 0 Å². The molecule has 2 heterocycles. The van der Waals surface area contributed by atoms with E-state index in [1.165, 1.54) is 11.3 Å². The Bertz CT molecular complexity index is 1240. The second-order valence-electron chi connectivity index (χ2n) is 6.31. The first-order chi connectivity index (χ1) is 13.5. The van der Waals surface area contributed by atoms with E-state index in [1.807, 2.05) is 49.4 Å². The van der Waals surface area contributed by atoms with Gasteiger partial charge < -0.3 is 5.32 Å². The van der Waals surface area contributed by atoms with Crippen molar-refractivity contribution >= 4 is 49.1 Å². The van der Waals surface area contributed by atoms with Crippen LogP contribution in [0.4, 0.5) is 5.00 Å². The van der Waals surface area contributed by atoms with Crippen molar-refractivity contribution in [2.75, 3.05) is 5.32 Å². The number of aromatic nitrogens is 1. The molecule has 6 heteroatoms. The zero-order valence-corrected chi connectivity index (χ0v) is 17.3. The summed E-state index contributed by atoms with van der Waals surface area (Å²) in [6, 6.07) is 19.3. The third-order valence-electron chi connectivity index (χ3n) is 4.38. The average Bonchev–Trinajstić information content (AvgIpc) is 3.14. The molecule has 1 N–H and O–H groups in total. The molecule has 0 aliphatic rings. The number of carbonyl (C=O) groups is 1. The van der Waals surface area contributed by atoms with E-state index in [2.05, 4.69) is 27.3 Å². The molecule has 0 fully saturated rings. The summed E-state index contributed by atoms with van der Waals surface area (Å²) in [6.45, 7) is 2.03. The van der Waals surface area contributed by atoms with Gasteiger partial charge in [0.2, 0.25) is 0 Å².